The van der Waals surface area contributed by atoms with Crippen molar-refractivity contribution in [1.82, 2.24) is 4.98 Å². The molecule has 2 N–H and O–H groups in total. The second-order valence-electron chi connectivity index (χ2n) is 5.54. The first-order chi connectivity index (χ1) is 11.9. The fraction of sp³-hybridized carbons (Fsp3) is 0.529. The molecule has 0 unspecified atom stereocenters. The van der Waals surface area contributed by atoms with Gasteiger partial charge in [-0.1, -0.05) is 24.6 Å². The Morgan fingerprint density at radius 1 is 0.960 bits per heavy atom. The summed E-state index contributed by atoms with van der Waals surface area (Å²) in [7, 11) is 0. The molecule has 0 aliphatic heterocycles. The zero-order chi connectivity index (χ0) is 18.7. The van der Waals surface area contributed by atoms with E-state index in [2.05, 4.69) is 15.6 Å². The number of hydrogen-bond acceptors (Lipinski definition) is 6. The standard InChI is InChI=1S/C17H25N3O4S/c1-12(21)18-16-10-15(11-17(20-16)19-13(2)22)24-8-6-4-5-7-9-25-14(3)23/h10-11H,4-9H2,1-3H3,(H2,18,19,20,21,22). The summed E-state index contributed by atoms with van der Waals surface area (Å²) >= 11 is 1.36. The Balaban J connectivity index is 2.44. The van der Waals surface area contributed by atoms with Crippen LogP contribution < -0.4 is 15.4 Å². The number of unbranched alkanes of at least 4 members (excludes halogenated alkanes) is 3. The average molecular weight is 367 g/mol. The summed E-state index contributed by atoms with van der Waals surface area (Å²) < 4.78 is 5.69. The summed E-state index contributed by atoms with van der Waals surface area (Å²) in [6, 6.07) is 3.24. The van der Waals surface area contributed by atoms with E-state index in [4.69, 9.17) is 4.74 Å². The Bertz CT molecular complexity index is 573. The Kier molecular flexibility index (Phi) is 9.61. The lowest BCUT2D eigenvalue weighted by atomic mass is 10.2. The number of carbonyl (C=O) groups excluding carboxylic acids is 3. The normalized spacial score (nSPS) is 10.2. The van der Waals surface area contributed by atoms with Crippen LogP contribution in [0.5, 0.6) is 5.75 Å². The lowest BCUT2D eigenvalue weighted by Gasteiger charge is -2.11. The molecule has 0 spiro atoms. The molecular formula is C17H25N3O4S. The van der Waals surface area contributed by atoms with Crippen molar-refractivity contribution in [2.45, 2.75) is 46.5 Å². The first kappa shape index (κ1) is 21.0. The molecule has 1 aromatic rings. The fourth-order valence-electron chi connectivity index (χ4n) is 2.04. The smallest absolute Gasteiger partial charge is 0.222 e. The van der Waals surface area contributed by atoms with Gasteiger partial charge in [0.2, 0.25) is 11.8 Å². The van der Waals surface area contributed by atoms with Crippen LogP contribution >= 0.6 is 11.8 Å². The van der Waals surface area contributed by atoms with Crippen molar-refractivity contribution >= 4 is 40.3 Å². The zero-order valence-corrected chi connectivity index (χ0v) is 15.7. The SMILES string of the molecule is CC(=O)Nc1cc(OCCCCCCSC(C)=O)cc(NC(C)=O)n1. The predicted molar refractivity (Wildman–Crippen MR) is 99.9 cm³/mol. The molecule has 8 heteroatoms. The Labute approximate surface area is 152 Å². The van der Waals surface area contributed by atoms with E-state index in [0.29, 0.717) is 24.0 Å². The lowest BCUT2D eigenvalue weighted by Crippen LogP contribution is -2.12. The second kappa shape index (κ2) is 11.5. The van der Waals surface area contributed by atoms with Gasteiger partial charge in [0.1, 0.15) is 17.4 Å². The molecule has 1 heterocycles. The third kappa shape index (κ3) is 10.4. The highest BCUT2D eigenvalue weighted by Crippen LogP contribution is 2.21. The number of nitrogens with one attached hydrogen (secondary N) is 2. The first-order valence-corrected chi connectivity index (χ1v) is 9.19. The van der Waals surface area contributed by atoms with Gasteiger partial charge < -0.3 is 15.4 Å². The lowest BCUT2D eigenvalue weighted by molar-refractivity contribution is -0.115. The van der Waals surface area contributed by atoms with E-state index >= 15 is 0 Å². The minimum absolute atomic E-state index is 0.158. The van der Waals surface area contributed by atoms with Gasteiger partial charge >= 0.3 is 0 Å². The molecule has 0 aromatic carbocycles. The number of rotatable bonds is 10. The van der Waals surface area contributed by atoms with E-state index in [1.54, 1.807) is 19.1 Å². The molecule has 138 valence electrons. The highest BCUT2D eigenvalue weighted by atomic mass is 32.2. The van der Waals surface area contributed by atoms with Gasteiger partial charge in [0.05, 0.1) is 6.61 Å². The number of amides is 2. The summed E-state index contributed by atoms with van der Waals surface area (Å²) in [5.74, 6) is 1.56. The van der Waals surface area contributed by atoms with Gasteiger partial charge in [-0.3, -0.25) is 14.4 Å². The summed E-state index contributed by atoms with van der Waals surface area (Å²) in [4.78, 5) is 37.3. The van der Waals surface area contributed by atoms with Crippen molar-refractivity contribution in [3.05, 3.63) is 12.1 Å². The number of pyridine rings is 1. The maximum absolute atomic E-state index is 11.2. The van der Waals surface area contributed by atoms with Gasteiger partial charge in [0, 0.05) is 38.7 Å². The van der Waals surface area contributed by atoms with Crippen LogP contribution in [0.1, 0.15) is 46.5 Å². The van der Waals surface area contributed by atoms with Gasteiger partial charge in [0.15, 0.2) is 5.12 Å². The van der Waals surface area contributed by atoms with Gasteiger partial charge in [-0.25, -0.2) is 4.98 Å². The van der Waals surface area contributed by atoms with Crippen molar-refractivity contribution in [3.8, 4) is 5.75 Å². The maximum atomic E-state index is 11.2. The van der Waals surface area contributed by atoms with Crippen LogP contribution in [0, 0.1) is 0 Å². The van der Waals surface area contributed by atoms with Gasteiger partial charge in [-0.05, 0) is 12.8 Å². The summed E-state index contributed by atoms with van der Waals surface area (Å²) in [5.41, 5.74) is 0. The Morgan fingerprint density at radius 2 is 1.52 bits per heavy atom. The van der Waals surface area contributed by atoms with Crippen LogP contribution in [0.2, 0.25) is 0 Å². The third-order valence-corrected chi connectivity index (χ3v) is 3.92. The fourth-order valence-corrected chi connectivity index (χ4v) is 2.68. The van der Waals surface area contributed by atoms with Crippen LogP contribution in [-0.2, 0) is 14.4 Å². The van der Waals surface area contributed by atoms with E-state index in [-0.39, 0.29) is 16.9 Å². The molecule has 1 aromatic heterocycles. The summed E-state index contributed by atoms with van der Waals surface area (Å²) in [6.07, 6.45) is 3.96. The van der Waals surface area contributed by atoms with Crippen molar-refractivity contribution in [1.29, 1.82) is 0 Å². The number of anilines is 2. The van der Waals surface area contributed by atoms with Crippen molar-refractivity contribution in [2.24, 2.45) is 0 Å². The molecule has 0 bridgehead atoms. The Hall–Kier alpha value is -2.09. The van der Waals surface area contributed by atoms with Crippen LogP contribution in [0.15, 0.2) is 12.1 Å². The Morgan fingerprint density at radius 3 is 2.04 bits per heavy atom. The third-order valence-electron chi connectivity index (χ3n) is 3.02. The topological polar surface area (TPSA) is 97.4 Å². The molecule has 0 atom stereocenters. The number of hydrogen-bond donors (Lipinski definition) is 2. The van der Waals surface area contributed by atoms with Crippen LogP contribution in [0.4, 0.5) is 11.6 Å². The van der Waals surface area contributed by atoms with Crippen molar-refractivity contribution < 1.29 is 19.1 Å². The minimum atomic E-state index is -0.248. The van der Waals surface area contributed by atoms with Gasteiger partial charge in [-0.15, -0.1) is 0 Å². The molecule has 25 heavy (non-hydrogen) atoms. The van der Waals surface area contributed by atoms with Crippen LogP contribution in [0.25, 0.3) is 0 Å². The predicted octanol–water partition coefficient (Wildman–Crippen LogP) is 3.22. The average Bonchev–Trinajstić information content (AvgIpc) is 2.48. The molecule has 0 saturated carbocycles. The molecule has 7 nitrogen and oxygen atoms in total. The van der Waals surface area contributed by atoms with E-state index in [0.717, 1.165) is 31.4 Å². The number of thioether (sulfide) groups is 1. The van der Waals surface area contributed by atoms with Crippen molar-refractivity contribution in [2.75, 3.05) is 23.0 Å². The summed E-state index contributed by atoms with van der Waals surface area (Å²) in [6.45, 7) is 4.88. The maximum Gasteiger partial charge on any atom is 0.222 e. The van der Waals surface area contributed by atoms with Crippen LogP contribution in [0.3, 0.4) is 0 Å². The highest BCUT2D eigenvalue weighted by Gasteiger charge is 2.07. The van der Waals surface area contributed by atoms with E-state index in [1.165, 1.54) is 25.6 Å². The van der Waals surface area contributed by atoms with Gasteiger partial charge in [-0.2, -0.15) is 0 Å². The highest BCUT2D eigenvalue weighted by molar-refractivity contribution is 8.13. The number of aromatic nitrogens is 1. The zero-order valence-electron chi connectivity index (χ0n) is 14.9. The molecule has 0 radical (unpaired) electrons. The number of carbonyl (C=O) groups is 3. The molecule has 0 fully saturated rings. The molecule has 0 saturated heterocycles. The van der Waals surface area contributed by atoms with Crippen LogP contribution in [-0.4, -0.2) is 34.3 Å². The molecule has 0 aliphatic rings. The van der Waals surface area contributed by atoms with Gasteiger partial charge in [0.25, 0.3) is 0 Å². The van der Waals surface area contributed by atoms with E-state index in [1.807, 2.05) is 0 Å². The molecule has 1 rings (SSSR count). The first-order valence-electron chi connectivity index (χ1n) is 8.20. The quantitative estimate of drug-likeness (QED) is 0.616. The molecule has 0 aliphatic carbocycles. The largest absolute Gasteiger partial charge is 0.493 e. The molecular weight excluding hydrogens is 342 g/mol. The monoisotopic (exact) mass is 367 g/mol. The van der Waals surface area contributed by atoms with Crippen molar-refractivity contribution in [3.63, 3.8) is 0 Å². The number of nitrogens with zero attached hydrogens (tertiary/aromatic N) is 1. The second-order valence-corrected chi connectivity index (χ2v) is 6.81. The number of ether oxygens (including phenoxy) is 1. The minimum Gasteiger partial charge on any atom is -0.493 e. The molecule has 2 amide bonds. The van der Waals surface area contributed by atoms with E-state index in [9.17, 15) is 14.4 Å². The summed E-state index contributed by atoms with van der Waals surface area (Å²) in [5, 5.41) is 5.32. The van der Waals surface area contributed by atoms with E-state index < -0.39 is 0 Å².